The lowest BCUT2D eigenvalue weighted by Gasteiger charge is -2.30. The number of rotatable bonds is 3. The second-order valence-corrected chi connectivity index (χ2v) is 5.71. The van der Waals surface area contributed by atoms with Crippen LogP contribution in [0.5, 0.6) is 0 Å². The van der Waals surface area contributed by atoms with Crippen molar-refractivity contribution in [2.24, 2.45) is 5.41 Å². The largest absolute Gasteiger partial charge is 0.378 e. The third kappa shape index (κ3) is 2.51. The Morgan fingerprint density at radius 1 is 1.59 bits per heavy atom. The van der Waals surface area contributed by atoms with Crippen molar-refractivity contribution in [2.45, 2.75) is 25.9 Å². The molecule has 2 unspecified atom stereocenters. The molecule has 94 valence electrons. The van der Waals surface area contributed by atoms with E-state index in [2.05, 4.69) is 15.9 Å². The predicted octanol–water partition coefficient (Wildman–Crippen LogP) is 4.16. The van der Waals surface area contributed by atoms with Crippen molar-refractivity contribution in [3.63, 3.8) is 0 Å². The summed E-state index contributed by atoms with van der Waals surface area (Å²) in [4.78, 5) is 0. The monoisotopic (exact) mass is 320 g/mol. The van der Waals surface area contributed by atoms with E-state index < -0.39 is 0 Å². The molecule has 1 aliphatic rings. The Morgan fingerprint density at radius 3 is 2.94 bits per heavy atom. The second-order valence-electron chi connectivity index (χ2n) is 4.65. The van der Waals surface area contributed by atoms with Crippen LogP contribution in [-0.4, -0.2) is 18.6 Å². The van der Waals surface area contributed by atoms with Gasteiger partial charge in [0.05, 0.1) is 10.6 Å². The van der Waals surface area contributed by atoms with Crippen LogP contribution in [0.4, 0.5) is 4.39 Å². The minimum atomic E-state index is -0.223. The summed E-state index contributed by atoms with van der Waals surface area (Å²) in [6.45, 7) is 2.78. The average Bonchev–Trinajstić information content (AvgIpc) is 2.67. The molecule has 0 aromatic heterocycles. The summed E-state index contributed by atoms with van der Waals surface area (Å²) in [5.41, 5.74) is 0.890. The molecule has 0 N–H and O–H groups in total. The summed E-state index contributed by atoms with van der Waals surface area (Å²) in [5.74, 6) is 0.315. The van der Waals surface area contributed by atoms with Crippen LogP contribution >= 0.6 is 27.5 Å². The van der Waals surface area contributed by atoms with Crippen molar-refractivity contribution >= 4 is 27.5 Å². The number of ether oxygens (including phenoxy) is 1. The van der Waals surface area contributed by atoms with Crippen molar-refractivity contribution < 1.29 is 9.13 Å². The van der Waals surface area contributed by atoms with Gasteiger partial charge < -0.3 is 4.74 Å². The number of hydrogen-bond donors (Lipinski definition) is 0. The van der Waals surface area contributed by atoms with Crippen molar-refractivity contribution in [2.75, 3.05) is 12.5 Å². The van der Waals surface area contributed by atoms with E-state index in [1.54, 1.807) is 6.07 Å². The molecule has 1 aromatic rings. The first-order valence-electron chi connectivity index (χ1n) is 5.69. The summed E-state index contributed by atoms with van der Waals surface area (Å²) in [6, 6.07) is 5.12. The smallest absolute Gasteiger partial charge is 0.137 e. The highest BCUT2D eigenvalue weighted by molar-refractivity contribution is 9.10. The van der Waals surface area contributed by atoms with Gasteiger partial charge in [0.15, 0.2) is 0 Å². The number of benzene rings is 1. The van der Waals surface area contributed by atoms with Gasteiger partial charge in [0.2, 0.25) is 0 Å². The Kier molecular flexibility index (Phi) is 4.11. The molecule has 0 radical (unpaired) electrons. The lowest BCUT2D eigenvalue weighted by molar-refractivity contribution is 0.0734. The average molecular weight is 322 g/mol. The maximum Gasteiger partial charge on any atom is 0.137 e. The summed E-state index contributed by atoms with van der Waals surface area (Å²) in [5, 5.41) is 0. The van der Waals surface area contributed by atoms with Crippen LogP contribution < -0.4 is 0 Å². The van der Waals surface area contributed by atoms with Gasteiger partial charge in [-0.25, -0.2) is 4.39 Å². The molecular weight excluding hydrogens is 306 g/mol. The summed E-state index contributed by atoms with van der Waals surface area (Å²) in [6.07, 6.45) is 1.80. The normalized spacial score (nSPS) is 28.6. The number of halogens is 3. The molecular formula is C13H15BrClFO. The summed E-state index contributed by atoms with van der Waals surface area (Å²) >= 11 is 9.41. The SMILES string of the molecule is CC1OCCC1(CCl)Cc1cccc(F)c1Br. The zero-order valence-corrected chi connectivity index (χ0v) is 12.0. The first-order valence-corrected chi connectivity index (χ1v) is 7.02. The third-order valence-electron chi connectivity index (χ3n) is 3.67. The van der Waals surface area contributed by atoms with E-state index in [0.717, 1.165) is 25.0 Å². The lowest BCUT2D eigenvalue weighted by atomic mass is 9.78. The molecule has 0 bridgehead atoms. The minimum Gasteiger partial charge on any atom is -0.378 e. The molecule has 2 atom stereocenters. The molecule has 0 amide bonds. The van der Waals surface area contributed by atoms with E-state index in [-0.39, 0.29) is 17.3 Å². The van der Waals surface area contributed by atoms with E-state index in [9.17, 15) is 4.39 Å². The highest BCUT2D eigenvalue weighted by atomic mass is 79.9. The van der Waals surface area contributed by atoms with Gasteiger partial charge in [-0.15, -0.1) is 11.6 Å². The molecule has 0 aliphatic carbocycles. The molecule has 1 nitrogen and oxygen atoms in total. The molecule has 1 saturated heterocycles. The van der Waals surface area contributed by atoms with Crippen molar-refractivity contribution in [1.29, 1.82) is 0 Å². The maximum atomic E-state index is 13.5. The Labute approximate surface area is 114 Å². The topological polar surface area (TPSA) is 9.23 Å². The van der Waals surface area contributed by atoms with Crippen molar-refractivity contribution in [1.82, 2.24) is 0 Å². The van der Waals surface area contributed by atoms with E-state index in [0.29, 0.717) is 10.4 Å². The molecule has 17 heavy (non-hydrogen) atoms. The fourth-order valence-electron chi connectivity index (χ4n) is 2.34. The molecule has 1 fully saturated rings. The molecule has 1 heterocycles. The van der Waals surface area contributed by atoms with Crippen LogP contribution in [0.1, 0.15) is 18.9 Å². The lowest BCUT2D eigenvalue weighted by Crippen LogP contribution is -2.33. The van der Waals surface area contributed by atoms with Gasteiger partial charge in [-0.05, 0) is 47.3 Å². The van der Waals surface area contributed by atoms with Gasteiger partial charge in [0, 0.05) is 17.9 Å². The van der Waals surface area contributed by atoms with E-state index in [4.69, 9.17) is 16.3 Å². The Morgan fingerprint density at radius 2 is 2.35 bits per heavy atom. The quantitative estimate of drug-likeness (QED) is 0.759. The van der Waals surface area contributed by atoms with Crippen LogP contribution in [0.25, 0.3) is 0 Å². The molecule has 0 saturated carbocycles. The number of alkyl halides is 1. The molecule has 4 heteroatoms. The summed E-state index contributed by atoms with van der Waals surface area (Å²) < 4.78 is 19.6. The predicted molar refractivity (Wildman–Crippen MR) is 71.0 cm³/mol. The van der Waals surface area contributed by atoms with Crippen LogP contribution in [-0.2, 0) is 11.2 Å². The molecule has 2 rings (SSSR count). The highest BCUT2D eigenvalue weighted by Gasteiger charge is 2.41. The van der Waals surface area contributed by atoms with Gasteiger partial charge in [0.1, 0.15) is 5.82 Å². The maximum absolute atomic E-state index is 13.5. The standard InChI is InChI=1S/C13H15BrClFO/c1-9-13(8-15,5-6-17-9)7-10-3-2-4-11(16)12(10)14/h2-4,9H,5-8H2,1H3. The van der Waals surface area contributed by atoms with Gasteiger partial charge >= 0.3 is 0 Å². The Hall–Kier alpha value is -0.120. The molecule has 1 aromatic carbocycles. The van der Waals surface area contributed by atoms with Crippen LogP contribution in [0, 0.1) is 11.2 Å². The van der Waals surface area contributed by atoms with Crippen LogP contribution in [0.15, 0.2) is 22.7 Å². The van der Waals surface area contributed by atoms with E-state index >= 15 is 0 Å². The highest BCUT2D eigenvalue weighted by Crippen LogP contribution is 2.40. The Balaban J connectivity index is 2.27. The van der Waals surface area contributed by atoms with E-state index in [1.165, 1.54) is 6.07 Å². The second kappa shape index (κ2) is 5.25. The molecule has 0 spiro atoms. The number of hydrogen-bond acceptors (Lipinski definition) is 1. The van der Waals surface area contributed by atoms with E-state index in [1.807, 2.05) is 13.0 Å². The Bertz CT molecular complexity index is 412. The van der Waals surface area contributed by atoms with Crippen LogP contribution in [0.3, 0.4) is 0 Å². The summed E-state index contributed by atoms with van der Waals surface area (Å²) in [7, 11) is 0. The first kappa shape index (κ1) is 13.3. The zero-order chi connectivity index (χ0) is 12.5. The van der Waals surface area contributed by atoms with Gasteiger partial charge in [-0.2, -0.15) is 0 Å². The minimum absolute atomic E-state index is 0.0716. The fourth-order valence-corrected chi connectivity index (χ4v) is 3.19. The van der Waals surface area contributed by atoms with Crippen molar-refractivity contribution in [3.05, 3.63) is 34.1 Å². The van der Waals surface area contributed by atoms with Gasteiger partial charge in [-0.1, -0.05) is 12.1 Å². The zero-order valence-electron chi connectivity index (χ0n) is 9.68. The van der Waals surface area contributed by atoms with Gasteiger partial charge in [-0.3, -0.25) is 0 Å². The fraction of sp³-hybridized carbons (Fsp3) is 0.538. The van der Waals surface area contributed by atoms with Crippen LogP contribution in [0.2, 0.25) is 0 Å². The molecule has 1 aliphatic heterocycles. The third-order valence-corrected chi connectivity index (χ3v) is 5.09. The first-order chi connectivity index (χ1) is 8.09. The van der Waals surface area contributed by atoms with Gasteiger partial charge in [0.25, 0.3) is 0 Å². The van der Waals surface area contributed by atoms with Crippen molar-refractivity contribution in [3.8, 4) is 0 Å².